The minimum atomic E-state index is -4.56. The summed E-state index contributed by atoms with van der Waals surface area (Å²) >= 11 is 0. The van der Waals surface area contributed by atoms with Crippen LogP contribution in [0.5, 0.6) is 0 Å². The first-order valence-corrected chi connectivity index (χ1v) is 11.0. The van der Waals surface area contributed by atoms with Gasteiger partial charge >= 0.3 is 12.1 Å². The van der Waals surface area contributed by atoms with Crippen molar-refractivity contribution in [1.29, 1.82) is 0 Å². The lowest BCUT2D eigenvalue weighted by Crippen LogP contribution is -2.25. The Kier molecular flexibility index (Phi) is 7.17. The molecular weight excluding hydrogens is 482 g/mol. The first-order chi connectivity index (χ1) is 15.9. The minimum absolute atomic E-state index is 0.0313. The van der Waals surface area contributed by atoms with Crippen molar-refractivity contribution < 1.29 is 40.0 Å². The summed E-state index contributed by atoms with van der Waals surface area (Å²) in [5.41, 5.74) is -1.14. The van der Waals surface area contributed by atoms with Crippen molar-refractivity contribution >= 4 is 16.0 Å². The molecule has 180 valence electrons. The normalized spacial score (nSPS) is 12.9. The molecule has 0 spiro atoms. The van der Waals surface area contributed by atoms with Gasteiger partial charge in [0.1, 0.15) is 10.7 Å². The number of esters is 1. The zero-order chi connectivity index (χ0) is 25.1. The fourth-order valence-corrected chi connectivity index (χ4v) is 3.81. The fourth-order valence-electron chi connectivity index (χ4n) is 2.71. The van der Waals surface area contributed by atoms with Crippen molar-refractivity contribution in [3.63, 3.8) is 0 Å². The van der Waals surface area contributed by atoms with Crippen LogP contribution >= 0.6 is 0 Å². The van der Waals surface area contributed by atoms with Gasteiger partial charge in [-0.2, -0.15) is 18.2 Å². The van der Waals surface area contributed by atoms with E-state index in [1.165, 1.54) is 25.1 Å². The molecule has 3 rings (SSSR count). The van der Waals surface area contributed by atoms with Crippen molar-refractivity contribution in [2.24, 2.45) is 0 Å². The van der Waals surface area contributed by atoms with Crippen LogP contribution in [0.15, 0.2) is 64.5 Å². The van der Waals surface area contributed by atoms with Gasteiger partial charge in [-0.05, 0) is 37.3 Å². The summed E-state index contributed by atoms with van der Waals surface area (Å²) in [6.07, 6.45) is -4.45. The van der Waals surface area contributed by atoms with Crippen LogP contribution in [0.25, 0.3) is 11.4 Å². The number of alkyl halides is 3. The highest BCUT2D eigenvalue weighted by atomic mass is 32.2. The first kappa shape index (κ1) is 25.1. The van der Waals surface area contributed by atoms with Crippen LogP contribution in [0.1, 0.15) is 34.8 Å². The van der Waals surface area contributed by atoms with Crippen LogP contribution in [-0.2, 0) is 20.9 Å². The second kappa shape index (κ2) is 9.73. The van der Waals surface area contributed by atoms with E-state index in [0.717, 1.165) is 30.3 Å². The van der Waals surface area contributed by atoms with Crippen molar-refractivity contribution in [2.45, 2.75) is 24.1 Å². The van der Waals surface area contributed by atoms with Gasteiger partial charge in [0, 0.05) is 12.1 Å². The van der Waals surface area contributed by atoms with Gasteiger partial charge in [0.15, 0.2) is 6.10 Å². The number of sulfonamides is 1. The Morgan fingerprint density at radius 2 is 2.00 bits per heavy atom. The average molecular weight is 499 g/mol. The third-order valence-electron chi connectivity index (χ3n) is 4.40. The Labute approximate surface area is 191 Å². The topological polar surface area (TPSA) is 111 Å². The molecule has 1 heterocycles. The Bertz CT molecular complexity index is 1320. The lowest BCUT2D eigenvalue weighted by Gasteiger charge is -2.11. The van der Waals surface area contributed by atoms with Gasteiger partial charge in [-0.3, -0.25) is 0 Å². The number of nitrogens with one attached hydrogen (secondary N) is 1. The molecule has 0 aliphatic carbocycles. The largest absolute Gasteiger partial charge is 0.449 e. The molecule has 1 atom stereocenters. The van der Waals surface area contributed by atoms with E-state index in [-0.39, 0.29) is 29.4 Å². The molecule has 0 amide bonds. The molecule has 1 aromatic heterocycles. The van der Waals surface area contributed by atoms with Crippen LogP contribution in [0.4, 0.5) is 17.6 Å². The zero-order valence-electron chi connectivity index (χ0n) is 17.5. The van der Waals surface area contributed by atoms with Crippen molar-refractivity contribution in [1.82, 2.24) is 14.9 Å². The van der Waals surface area contributed by atoms with Crippen LogP contribution < -0.4 is 4.72 Å². The zero-order valence-corrected chi connectivity index (χ0v) is 18.3. The third-order valence-corrected chi connectivity index (χ3v) is 5.83. The molecule has 0 aliphatic heterocycles. The molecule has 0 saturated carbocycles. The molecule has 1 N–H and O–H groups in total. The van der Waals surface area contributed by atoms with Gasteiger partial charge in [-0.15, -0.1) is 6.58 Å². The highest BCUT2D eigenvalue weighted by Crippen LogP contribution is 2.32. The Balaban J connectivity index is 1.78. The van der Waals surface area contributed by atoms with Gasteiger partial charge in [0.25, 0.3) is 5.89 Å². The quantitative estimate of drug-likeness (QED) is 0.280. The average Bonchev–Trinajstić information content (AvgIpc) is 3.28. The van der Waals surface area contributed by atoms with Crippen LogP contribution in [0, 0.1) is 5.82 Å². The van der Waals surface area contributed by atoms with Gasteiger partial charge in [0.05, 0.1) is 11.1 Å². The smallest absolute Gasteiger partial charge is 0.416 e. The molecule has 0 saturated heterocycles. The van der Waals surface area contributed by atoms with E-state index in [1.54, 1.807) is 0 Å². The number of rotatable bonds is 8. The van der Waals surface area contributed by atoms with Gasteiger partial charge in [-0.1, -0.05) is 23.4 Å². The van der Waals surface area contributed by atoms with E-state index in [9.17, 15) is 30.8 Å². The van der Waals surface area contributed by atoms with Crippen LogP contribution in [0.3, 0.4) is 0 Å². The molecule has 8 nitrogen and oxygen atoms in total. The number of hydrogen-bond donors (Lipinski definition) is 1. The van der Waals surface area contributed by atoms with Crippen molar-refractivity contribution in [3.05, 3.63) is 78.0 Å². The molecule has 13 heteroatoms. The summed E-state index contributed by atoms with van der Waals surface area (Å²) in [5.74, 6) is -2.48. The Morgan fingerprint density at radius 1 is 1.26 bits per heavy atom. The number of ether oxygens (including phenoxy) is 1. The number of aromatic nitrogens is 2. The SMILES string of the molecule is C=CCNS(=O)(=O)c1cc(C(=O)OC(C)c2nc(-c3cccc(C(F)(F)F)c3)no2)ccc1F. The number of carbonyl (C=O) groups excluding carboxylic acids is 1. The molecule has 0 radical (unpaired) electrons. The fraction of sp³-hybridized carbons (Fsp3) is 0.190. The van der Waals surface area contributed by atoms with E-state index >= 15 is 0 Å². The number of halogens is 4. The Morgan fingerprint density at radius 3 is 2.68 bits per heavy atom. The summed E-state index contributed by atoms with van der Waals surface area (Å²) in [5, 5.41) is 3.61. The maximum Gasteiger partial charge on any atom is 0.416 e. The number of benzene rings is 2. The first-order valence-electron chi connectivity index (χ1n) is 9.54. The lowest BCUT2D eigenvalue weighted by molar-refractivity contribution is -0.137. The number of nitrogens with zero attached hydrogens (tertiary/aromatic N) is 2. The summed E-state index contributed by atoms with van der Waals surface area (Å²) in [4.78, 5) is 15.7. The van der Waals surface area contributed by atoms with Crippen LogP contribution in [-0.4, -0.2) is 31.1 Å². The number of hydrogen-bond acceptors (Lipinski definition) is 7. The molecule has 1 unspecified atom stereocenters. The molecule has 34 heavy (non-hydrogen) atoms. The predicted octanol–water partition coefficient (Wildman–Crippen LogP) is 4.28. The maximum atomic E-state index is 14.0. The van der Waals surface area contributed by atoms with Crippen LogP contribution in [0.2, 0.25) is 0 Å². The minimum Gasteiger partial charge on any atom is -0.449 e. The second-order valence-electron chi connectivity index (χ2n) is 6.87. The molecule has 0 fully saturated rings. The highest BCUT2D eigenvalue weighted by Gasteiger charge is 2.31. The van der Waals surface area contributed by atoms with Crippen molar-refractivity contribution in [3.8, 4) is 11.4 Å². The summed E-state index contributed by atoms with van der Waals surface area (Å²) < 4.78 is 89.5. The van der Waals surface area contributed by atoms with E-state index in [1.807, 2.05) is 0 Å². The highest BCUT2D eigenvalue weighted by molar-refractivity contribution is 7.89. The maximum absolute atomic E-state index is 14.0. The predicted molar refractivity (Wildman–Crippen MR) is 110 cm³/mol. The van der Waals surface area contributed by atoms with E-state index in [2.05, 4.69) is 21.4 Å². The number of carbonyl (C=O) groups is 1. The summed E-state index contributed by atoms with van der Waals surface area (Å²) in [7, 11) is -4.26. The molecule has 0 bridgehead atoms. The summed E-state index contributed by atoms with van der Waals surface area (Å²) in [6.45, 7) is 4.56. The standard InChI is InChI=1S/C21H17F4N3O5S/c1-3-9-26-34(30,31)17-11-14(7-8-16(17)22)20(29)32-12(2)19-27-18(28-33-19)13-5-4-6-15(10-13)21(23,24)25/h3-8,10-12,26H,1,9H2,2H3. The molecule has 0 aliphatic rings. The third kappa shape index (κ3) is 5.66. The van der Waals surface area contributed by atoms with E-state index in [0.29, 0.717) is 0 Å². The molecular formula is C21H17F4N3O5S. The molecule has 3 aromatic rings. The monoisotopic (exact) mass is 499 g/mol. The van der Waals surface area contributed by atoms with Gasteiger partial charge < -0.3 is 9.26 Å². The summed E-state index contributed by atoms with van der Waals surface area (Å²) in [6, 6.07) is 6.88. The van der Waals surface area contributed by atoms with Gasteiger partial charge in [0.2, 0.25) is 15.8 Å². The Hall–Kier alpha value is -3.58. The molecule has 2 aromatic carbocycles. The lowest BCUT2D eigenvalue weighted by atomic mass is 10.1. The van der Waals surface area contributed by atoms with E-state index < -0.39 is 44.5 Å². The van der Waals surface area contributed by atoms with Crippen molar-refractivity contribution in [2.75, 3.05) is 6.54 Å². The second-order valence-corrected chi connectivity index (χ2v) is 8.60. The van der Waals surface area contributed by atoms with E-state index in [4.69, 9.17) is 9.26 Å². The van der Waals surface area contributed by atoms with Gasteiger partial charge in [-0.25, -0.2) is 22.3 Å².